The van der Waals surface area contributed by atoms with Crippen LogP contribution in [0.4, 0.5) is 11.6 Å². The van der Waals surface area contributed by atoms with Crippen molar-refractivity contribution in [3.8, 4) is 5.82 Å². The van der Waals surface area contributed by atoms with Crippen LogP contribution in [0.2, 0.25) is 0 Å². The molecule has 8 nitrogen and oxygen atoms in total. The van der Waals surface area contributed by atoms with Gasteiger partial charge in [0, 0.05) is 44.6 Å². The van der Waals surface area contributed by atoms with E-state index in [1.54, 1.807) is 34.9 Å². The van der Waals surface area contributed by atoms with Crippen molar-refractivity contribution in [2.24, 2.45) is 0 Å². The highest BCUT2D eigenvalue weighted by Crippen LogP contribution is 2.29. The van der Waals surface area contributed by atoms with Gasteiger partial charge in [-0.2, -0.15) is 5.10 Å². The van der Waals surface area contributed by atoms with E-state index in [4.69, 9.17) is 0 Å². The van der Waals surface area contributed by atoms with Crippen molar-refractivity contribution in [3.05, 3.63) is 48.6 Å². The number of hydrogen-bond donors (Lipinski definition) is 0. The monoisotopic (exact) mass is 364 g/mol. The lowest BCUT2D eigenvalue weighted by atomic mass is 10.3. The molecule has 4 aromatic heterocycles. The molecule has 0 bridgehead atoms. The van der Waals surface area contributed by atoms with E-state index < -0.39 is 0 Å². The van der Waals surface area contributed by atoms with Gasteiger partial charge in [0.05, 0.1) is 10.2 Å². The highest BCUT2D eigenvalue weighted by atomic mass is 32.1. The van der Waals surface area contributed by atoms with Crippen molar-refractivity contribution in [1.29, 1.82) is 0 Å². The normalized spacial score (nSPS) is 14.9. The van der Waals surface area contributed by atoms with Gasteiger partial charge in [0.25, 0.3) is 0 Å². The number of nitrogens with zero attached hydrogens (tertiary/aromatic N) is 8. The van der Waals surface area contributed by atoms with Gasteiger partial charge in [0.2, 0.25) is 0 Å². The lowest BCUT2D eigenvalue weighted by Crippen LogP contribution is -2.47. The number of piperazine rings is 1. The van der Waals surface area contributed by atoms with Crippen LogP contribution >= 0.6 is 11.3 Å². The van der Waals surface area contributed by atoms with Crippen molar-refractivity contribution in [2.45, 2.75) is 0 Å². The molecule has 1 aliphatic rings. The third-order valence-electron chi connectivity index (χ3n) is 4.50. The fourth-order valence-electron chi connectivity index (χ4n) is 3.19. The summed E-state index contributed by atoms with van der Waals surface area (Å²) in [4.78, 5) is 22.2. The van der Waals surface area contributed by atoms with Crippen molar-refractivity contribution in [2.75, 3.05) is 36.0 Å². The smallest absolute Gasteiger partial charge is 0.158 e. The van der Waals surface area contributed by atoms with Crippen molar-refractivity contribution < 1.29 is 0 Å². The minimum Gasteiger partial charge on any atom is -0.353 e. The van der Waals surface area contributed by atoms with Crippen LogP contribution in [0.5, 0.6) is 0 Å². The third kappa shape index (κ3) is 2.66. The first-order valence-electron chi connectivity index (χ1n) is 8.39. The number of rotatable bonds is 3. The van der Waals surface area contributed by atoms with Gasteiger partial charge >= 0.3 is 0 Å². The van der Waals surface area contributed by atoms with Crippen LogP contribution in [0.1, 0.15) is 0 Å². The first-order chi connectivity index (χ1) is 12.9. The summed E-state index contributed by atoms with van der Waals surface area (Å²) in [6, 6.07) is 5.90. The van der Waals surface area contributed by atoms with Crippen LogP contribution < -0.4 is 9.80 Å². The second kappa shape index (κ2) is 6.34. The van der Waals surface area contributed by atoms with E-state index in [0.29, 0.717) is 0 Å². The average Bonchev–Trinajstić information content (AvgIpc) is 3.40. The Kier molecular flexibility index (Phi) is 3.71. The summed E-state index contributed by atoms with van der Waals surface area (Å²) in [5.74, 6) is 2.73. The molecule has 0 N–H and O–H groups in total. The summed E-state index contributed by atoms with van der Waals surface area (Å²) in [6.07, 6.45) is 6.87. The number of anilines is 2. The molecule has 1 fully saturated rings. The summed E-state index contributed by atoms with van der Waals surface area (Å²) in [5.41, 5.74) is 1.02. The van der Waals surface area contributed by atoms with Gasteiger partial charge in [-0.15, -0.1) is 11.3 Å². The zero-order valence-corrected chi connectivity index (χ0v) is 14.7. The zero-order valence-electron chi connectivity index (χ0n) is 13.9. The highest BCUT2D eigenvalue weighted by Gasteiger charge is 2.21. The van der Waals surface area contributed by atoms with Crippen LogP contribution in [0.15, 0.2) is 48.6 Å². The molecule has 0 aliphatic carbocycles. The lowest BCUT2D eigenvalue weighted by Gasteiger charge is -2.36. The molecule has 0 unspecified atom stereocenters. The largest absolute Gasteiger partial charge is 0.353 e. The fraction of sp³-hybridized carbons (Fsp3) is 0.235. The summed E-state index contributed by atoms with van der Waals surface area (Å²) in [5, 5.41) is 6.30. The van der Waals surface area contributed by atoms with E-state index in [1.807, 2.05) is 24.4 Å². The molecule has 0 saturated carbocycles. The van der Waals surface area contributed by atoms with Crippen molar-refractivity contribution in [3.63, 3.8) is 0 Å². The van der Waals surface area contributed by atoms with Gasteiger partial charge in [-0.1, -0.05) is 0 Å². The zero-order chi connectivity index (χ0) is 17.3. The molecule has 9 heteroatoms. The van der Waals surface area contributed by atoms with Gasteiger partial charge in [-0.3, -0.25) is 0 Å². The van der Waals surface area contributed by atoms with E-state index in [2.05, 4.69) is 40.2 Å². The minimum atomic E-state index is 0.776. The molecule has 5 rings (SSSR count). The molecule has 26 heavy (non-hydrogen) atoms. The van der Waals surface area contributed by atoms with Gasteiger partial charge in [-0.05, 0) is 17.5 Å². The molecule has 5 heterocycles. The van der Waals surface area contributed by atoms with Gasteiger partial charge in [0.15, 0.2) is 5.82 Å². The average molecular weight is 364 g/mol. The van der Waals surface area contributed by atoms with Crippen LogP contribution in [-0.4, -0.2) is 55.9 Å². The topological polar surface area (TPSA) is 75.9 Å². The number of aromatic nitrogens is 6. The summed E-state index contributed by atoms with van der Waals surface area (Å²) in [7, 11) is 0. The molecule has 0 spiro atoms. The standard InChI is InChI=1S/C17H16N8S/c1-3-22-25(4-1)15-10-14(19-12-20-15)23-5-7-24(8-6-23)17-16-13(2-9-26-16)18-11-21-17/h1-4,9-12H,5-8H2. The predicted molar refractivity (Wildman–Crippen MR) is 101 cm³/mol. The van der Waals surface area contributed by atoms with Gasteiger partial charge in [-0.25, -0.2) is 24.6 Å². The number of fused-ring (bicyclic) bond motifs is 1. The van der Waals surface area contributed by atoms with E-state index in [0.717, 1.165) is 53.8 Å². The molecule has 0 atom stereocenters. The molecule has 1 saturated heterocycles. The highest BCUT2D eigenvalue weighted by molar-refractivity contribution is 7.17. The van der Waals surface area contributed by atoms with Crippen LogP contribution in [0.25, 0.3) is 16.0 Å². The molecule has 130 valence electrons. The van der Waals surface area contributed by atoms with Crippen molar-refractivity contribution in [1.82, 2.24) is 29.7 Å². The Bertz CT molecular complexity index is 1020. The SMILES string of the molecule is c1cnn(-c2cc(N3CCN(c4ncnc5ccsc45)CC3)ncn2)c1. The van der Waals surface area contributed by atoms with E-state index in [1.165, 1.54) is 0 Å². The third-order valence-corrected chi connectivity index (χ3v) is 5.40. The van der Waals surface area contributed by atoms with Crippen LogP contribution in [-0.2, 0) is 0 Å². The Morgan fingerprint density at radius 1 is 0.885 bits per heavy atom. The van der Waals surface area contributed by atoms with E-state index >= 15 is 0 Å². The predicted octanol–water partition coefficient (Wildman–Crippen LogP) is 1.99. The molecular weight excluding hydrogens is 348 g/mol. The van der Waals surface area contributed by atoms with Crippen LogP contribution in [0, 0.1) is 0 Å². The first-order valence-corrected chi connectivity index (χ1v) is 9.26. The molecule has 0 aromatic carbocycles. The Hall–Kier alpha value is -3.07. The Balaban J connectivity index is 1.35. The minimum absolute atomic E-state index is 0.776. The molecule has 1 aliphatic heterocycles. The van der Waals surface area contributed by atoms with Crippen LogP contribution in [0.3, 0.4) is 0 Å². The maximum atomic E-state index is 4.52. The summed E-state index contributed by atoms with van der Waals surface area (Å²) >= 11 is 1.69. The Labute approximate surface area is 153 Å². The fourth-order valence-corrected chi connectivity index (χ4v) is 4.05. The maximum Gasteiger partial charge on any atom is 0.158 e. The molecule has 4 aromatic rings. The first kappa shape index (κ1) is 15.2. The molecule has 0 radical (unpaired) electrons. The molecule has 0 amide bonds. The quantitative estimate of drug-likeness (QED) is 0.550. The maximum absolute atomic E-state index is 4.52. The summed E-state index contributed by atoms with van der Waals surface area (Å²) in [6.45, 7) is 3.55. The van der Waals surface area contributed by atoms with Gasteiger partial charge in [0.1, 0.15) is 24.3 Å². The second-order valence-corrected chi connectivity index (χ2v) is 6.91. The van der Waals surface area contributed by atoms with E-state index in [-0.39, 0.29) is 0 Å². The number of hydrogen-bond acceptors (Lipinski definition) is 8. The Morgan fingerprint density at radius 2 is 1.69 bits per heavy atom. The van der Waals surface area contributed by atoms with Crippen molar-refractivity contribution >= 4 is 33.2 Å². The lowest BCUT2D eigenvalue weighted by molar-refractivity contribution is 0.641. The summed E-state index contributed by atoms with van der Waals surface area (Å²) < 4.78 is 2.90. The number of thiophene rings is 1. The second-order valence-electron chi connectivity index (χ2n) is 5.99. The Morgan fingerprint density at radius 3 is 2.54 bits per heavy atom. The molecular formula is C17H16N8S. The van der Waals surface area contributed by atoms with E-state index in [9.17, 15) is 0 Å². The van der Waals surface area contributed by atoms with Gasteiger partial charge < -0.3 is 9.80 Å².